The molecule has 0 fully saturated rings. The minimum Gasteiger partial charge on any atom is -0.475 e. The van der Waals surface area contributed by atoms with Gasteiger partial charge in [-0.15, -0.1) is 0 Å². The number of rotatable bonds is 2. The third-order valence-electron chi connectivity index (χ3n) is 3.70. The predicted molar refractivity (Wildman–Crippen MR) is 98.9 cm³/mol. The van der Waals surface area contributed by atoms with Crippen LogP contribution in [0.2, 0.25) is 0 Å². The molecule has 0 amide bonds. The van der Waals surface area contributed by atoms with Crippen molar-refractivity contribution in [1.82, 2.24) is 19.3 Å². The number of aromatic nitrogens is 4. The van der Waals surface area contributed by atoms with Crippen molar-refractivity contribution in [1.29, 1.82) is 0 Å². The van der Waals surface area contributed by atoms with Gasteiger partial charge in [-0.05, 0) is 30.1 Å². The molecule has 144 valence electrons. The van der Waals surface area contributed by atoms with Gasteiger partial charge in [-0.1, -0.05) is 30.3 Å². The van der Waals surface area contributed by atoms with Crippen LogP contribution < -0.4 is 0 Å². The highest BCUT2D eigenvalue weighted by Crippen LogP contribution is 2.33. The normalized spacial score (nSPS) is 11.1. The number of aryl methyl sites for hydroxylation is 1. The first-order valence-corrected chi connectivity index (χ1v) is 8.67. The molecule has 1 aromatic carbocycles. The van der Waals surface area contributed by atoms with Gasteiger partial charge in [0.1, 0.15) is 10.5 Å². The van der Waals surface area contributed by atoms with Gasteiger partial charge < -0.3 is 10.1 Å². The van der Waals surface area contributed by atoms with Gasteiger partial charge in [0.15, 0.2) is 5.82 Å². The first-order chi connectivity index (χ1) is 13.3. The van der Waals surface area contributed by atoms with Gasteiger partial charge >= 0.3 is 12.1 Å². The number of aromatic amines is 1. The lowest BCUT2D eigenvalue weighted by atomic mass is 10.0. The number of imidazole rings is 1. The number of benzene rings is 1. The highest BCUT2D eigenvalue weighted by atomic mass is 32.1. The monoisotopic (exact) mass is 406 g/mol. The molecule has 6 nitrogen and oxygen atoms in total. The van der Waals surface area contributed by atoms with E-state index in [9.17, 15) is 13.2 Å². The Hall–Kier alpha value is -3.27. The molecular formula is C18H13F3N4O2S. The Morgan fingerprint density at radius 1 is 1.21 bits per heavy atom. The summed E-state index contributed by atoms with van der Waals surface area (Å²) in [5.41, 5.74) is 4.08. The molecule has 3 heterocycles. The van der Waals surface area contributed by atoms with E-state index in [-0.39, 0.29) is 0 Å². The van der Waals surface area contributed by atoms with Crippen molar-refractivity contribution in [2.24, 2.45) is 0 Å². The van der Waals surface area contributed by atoms with E-state index in [4.69, 9.17) is 14.9 Å². The van der Waals surface area contributed by atoms with Gasteiger partial charge in [0.05, 0.1) is 5.69 Å². The zero-order valence-electron chi connectivity index (χ0n) is 14.4. The molecule has 0 saturated carbocycles. The van der Waals surface area contributed by atoms with Crippen LogP contribution in [-0.2, 0) is 4.79 Å². The summed E-state index contributed by atoms with van der Waals surface area (Å²) in [6.45, 7) is 2.02. The number of H-pyrrole nitrogens is 1. The van der Waals surface area contributed by atoms with Crippen molar-refractivity contribution in [3.63, 3.8) is 0 Å². The molecule has 0 unspecified atom stereocenters. The quantitative estimate of drug-likeness (QED) is 0.504. The maximum atomic E-state index is 10.6. The Kier molecular flexibility index (Phi) is 5.41. The van der Waals surface area contributed by atoms with Crippen LogP contribution in [0.15, 0.2) is 48.8 Å². The topological polar surface area (TPSA) is 91.8 Å². The van der Waals surface area contributed by atoms with Gasteiger partial charge in [0.2, 0.25) is 0 Å². The number of halogens is 3. The highest BCUT2D eigenvalue weighted by molar-refractivity contribution is 7.12. The third kappa shape index (κ3) is 4.17. The Morgan fingerprint density at radius 3 is 2.46 bits per heavy atom. The van der Waals surface area contributed by atoms with Crippen LogP contribution in [0.5, 0.6) is 0 Å². The van der Waals surface area contributed by atoms with E-state index in [1.165, 1.54) is 11.5 Å². The largest absolute Gasteiger partial charge is 0.490 e. The van der Waals surface area contributed by atoms with Crippen molar-refractivity contribution >= 4 is 27.7 Å². The summed E-state index contributed by atoms with van der Waals surface area (Å²) in [5.74, 6) is -1.98. The number of carboxylic acid groups (broad SMARTS) is 1. The van der Waals surface area contributed by atoms with Crippen LogP contribution >= 0.6 is 11.5 Å². The smallest absolute Gasteiger partial charge is 0.475 e. The standard InChI is InChI=1S/C16H12N4S.C2HF3O2/c1-10-12-9-13(11-5-3-2-4-6-11)14(15-17-7-8-18-15)19-16(12)21-20-10;3-2(4,5)1(6)7/h2-9H,1H3,(H,17,18);(H,6,7). The predicted octanol–water partition coefficient (Wildman–Crippen LogP) is 4.69. The summed E-state index contributed by atoms with van der Waals surface area (Å²) in [5, 5.41) is 8.23. The lowest BCUT2D eigenvalue weighted by Gasteiger charge is -2.07. The van der Waals surface area contributed by atoms with Crippen LogP contribution in [0.1, 0.15) is 5.69 Å². The molecule has 2 N–H and O–H groups in total. The summed E-state index contributed by atoms with van der Waals surface area (Å²) in [7, 11) is 0. The van der Waals surface area contributed by atoms with Crippen LogP contribution in [0.25, 0.3) is 32.9 Å². The molecule has 0 aliphatic rings. The maximum Gasteiger partial charge on any atom is 0.490 e. The fourth-order valence-corrected chi connectivity index (χ4v) is 3.16. The number of nitrogens with zero attached hydrogens (tertiary/aromatic N) is 3. The summed E-state index contributed by atoms with van der Waals surface area (Å²) in [6, 6.07) is 12.4. The van der Waals surface area contributed by atoms with E-state index in [1.807, 2.05) is 31.3 Å². The van der Waals surface area contributed by atoms with E-state index in [2.05, 4.69) is 32.5 Å². The zero-order valence-corrected chi connectivity index (χ0v) is 15.2. The van der Waals surface area contributed by atoms with E-state index < -0.39 is 12.1 Å². The van der Waals surface area contributed by atoms with E-state index >= 15 is 0 Å². The van der Waals surface area contributed by atoms with Crippen LogP contribution in [0.4, 0.5) is 13.2 Å². The van der Waals surface area contributed by atoms with Crippen molar-refractivity contribution in [2.75, 3.05) is 0 Å². The number of pyridine rings is 1. The third-order valence-corrected chi connectivity index (χ3v) is 4.55. The Bertz CT molecular complexity index is 1090. The van der Waals surface area contributed by atoms with Crippen molar-refractivity contribution < 1.29 is 23.1 Å². The number of alkyl halides is 3. The molecule has 0 bridgehead atoms. The summed E-state index contributed by atoms with van der Waals surface area (Å²) >= 11 is 1.43. The van der Waals surface area contributed by atoms with E-state index in [0.717, 1.165) is 38.6 Å². The molecule has 3 aromatic heterocycles. The zero-order chi connectivity index (χ0) is 20.3. The minimum atomic E-state index is -5.08. The van der Waals surface area contributed by atoms with Crippen LogP contribution in [-0.4, -0.2) is 36.6 Å². The Morgan fingerprint density at radius 2 is 1.89 bits per heavy atom. The first-order valence-electron chi connectivity index (χ1n) is 7.89. The molecule has 10 heteroatoms. The molecule has 0 aliphatic heterocycles. The van der Waals surface area contributed by atoms with Gasteiger partial charge in [-0.3, -0.25) is 0 Å². The molecule has 4 aromatic rings. The second-order valence-electron chi connectivity index (χ2n) is 5.61. The fraction of sp³-hybridized carbons (Fsp3) is 0.111. The van der Waals surface area contributed by atoms with Crippen molar-refractivity contribution in [2.45, 2.75) is 13.1 Å². The number of hydrogen-bond acceptors (Lipinski definition) is 5. The average Bonchev–Trinajstić information content (AvgIpc) is 3.31. The summed E-state index contributed by atoms with van der Waals surface area (Å²) in [6.07, 6.45) is -1.53. The lowest BCUT2D eigenvalue weighted by Crippen LogP contribution is -2.21. The number of carboxylic acids is 1. The lowest BCUT2D eigenvalue weighted by molar-refractivity contribution is -0.192. The molecular weight excluding hydrogens is 393 g/mol. The van der Waals surface area contributed by atoms with E-state index in [1.54, 1.807) is 6.20 Å². The van der Waals surface area contributed by atoms with Gasteiger partial charge in [-0.2, -0.15) is 17.5 Å². The second-order valence-corrected chi connectivity index (χ2v) is 6.36. The summed E-state index contributed by atoms with van der Waals surface area (Å²) in [4.78, 5) is 22.1. The van der Waals surface area contributed by atoms with Gasteiger partial charge in [0.25, 0.3) is 0 Å². The number of hydrogen-bond donors (Lipinski definition) is 2. The summed E-state index contributed by atoms with van der Waals surface area (Å²) < 4.78 is 36.1. The molecule has 0 spiro atoms. The highest BCUT2D eigenvalue weighted by Gasteiger charge is 2.38. The van der Waals surface area contributed by atoms with Crippen molar-refractivity contribution in [3.8, 4) is 22.6 Å². The number of carbonyl (C=O) groups is 1. The first kappa shape index (κ1) is 19.5. The SMILES string of the molecule is Cc1nsc2nc(-c3ncc[nH]3)c(-c3ccccc3)cc12.O=C(O)C(F)(F)F. The van der Waals surface area contributed by atoms with Crippen LogP contribution in [0.3, 0.4) is 0 Å². The van der Waals surface area contributed by atoms with Crippen LogP contribution in [0, 0.1) is 6.92 Å². The Labute approximate surface area is 160 Å². The van der Waals surface area contributed by atoms with E-state index in [0.29, 0.717) is 0 Å². The number of aliphatic carboxylic acids is 1. The molecule has 0 aliphatic carbocycles. The van der Waals surface area contributed by atoms with Crippen molar-refractivity contribution in [3.05, 3.63) is 54.5 Å². The van der Waals surface area contributed by atoms with Gasteiger partial charge in [0, 0.05) is 23.3 Å². The Balaban J connectivity index is 0.000000279. The molecule has 0 saturated heterocycles. The molecule has 4 rings (SSSR count). The number of nitrogens with one attached hydrogen (secondary N) is 1. The molecule has 0 atom stereocenters. The second kappa shape index (κ2) is 7.77. The fourth-order valence-electron chi connectivity index (χ4n) is 2.40. The van der Waals surface area contributed by atoms with Gasteiger partial charge in [-0.25, -0.2) is 14.8 Å². The maximum absolute atomic E-state index is 10.6. The number of fused-ring (bicyclic) bond motifs is 1. The molecule has 0 radical (unpaired) electrons. The minimum absolute atomic E-state index is 0.779. The average molecular weight is 406 g/mol. The molecule has 28 heavy (non-hydrogen) atoms.